The molecule has 30 heavy (non-hydrogen) atoms. The van der Waals surface area contributed by atoms with E-state index in [9.17, 15) is 14.4 Å². The third kappa shape index (κ3) is 2.27. The first-order chi connectivity index (χ1) is 14.5. The first-order valence-electron chi connectivity index (χ1n) is 10.1. The Morgan fingerprint density at radius 2 is 1.70 bits per heavy atom. The highest BCUT2D eigenvalue weighted by atomic mass is 16.2. The van der Waals surface area contributed by atoms with Gasteiger partial charge in [0.05, 0.1) is 24.8 Å². The summed E-state index contributed by atoms with van der Waals surface area (Å²) in [5.41, 5.74) is 1.24. The molecule has 4 atom stereocenters. The molecule has 2 saturated heterocycles. The van der Waals surface area contributed by atoms with Crippen molar-refractivity contribution in [2.24, 2.45) is 11.8 Å². The van der Waals surface area contributed by atoms with Gasteiger partial charge in [-0.25, -0.2) is 0 Å². The molecule has 0 unspecified atom stereocenters. The Morgan fingerprint density at radius 1 is 1.00 bits per heavy atom. The Kier molecular flexibility index (Phi) is 4.05. The standard InChI is InChI=1S/C24H21N3O3/c1-3-13-26-18-12-8-7-11-17(18)24(23(26)30)20-19(15(2)25-24)21(28)27(22(20)29)14-16-9-5-4-6-10-16/h1,4-12,15,19-20,25H,13-14H2,2H3/p+1/t15-,19+,20-,24-/m0/s1. The second kappa shape index (κ2) is 6.54. The Hall–Kier alpha value is -3.43. The lowest BCUT2D eigenvalue weighted by molar-refractivity contribution is -0.730. The molecule has 6 nitrogen and oxygen atoms in total. The summed E-state index contributed by atoms with van der Waals surface area (Å²) in [5.74, 6) is 0.593. The molecular weight excluding hydrogens is 378 g/mol. The number of fused-ring (bicyclic) bond motifs is 4. The Balaban J connectivity index is 1.61. The number of amides is 3. The van der Waals surface area contributed by atoms with Gasteiger partial charge in [-0.05, 0) is 18.6 Å². The first kappa shape index (κ1) is 18.6. The second-order valence-corrected chi connectivity index (χ2v) is 8.26. The van der Waals surface area contributed by atoms with Crippen molar-refractivity contribution in [2.75, 3.05) is 11.4 Å². The average molecular weight is 400 g/mol. The fourth-order valence-corrected chi connectivity index (χ4v) is 5.52. The third-order valence-corrected chi connectivity index (χ3v) is 6.70. The molecule has 3 aliphatic rings. The van der Waals surface area contributed by atoms with Crippen LogP contribution < -0.4 is 10.2 Å². The van der Waals surface area contributed by atoms with Crippen LogP contribution in [0, 0.1) is 24.2 Å². The molecule has 0 aromatic heterocycles. The maximum Gasteiger partial charge on any atom is 0.295 e. The van der Waals surface area contributed by atoms with Crippen LogP contribution in [0.5, 0.6) is 0 Å². The van der Waals surface area contributed by atoms with E-state index >= 15 is 0 Å². The zero-order valence-corrected chi connectivity index (χ0v) is 16.6. The van der Waals surface area contributed by atoms with Crippen LogP contribution in [0.4, 0.5) is 5.69 Å². The van der Waals surface area contributed by atoms with Crippen LogP contribution >= 0.6 is 0 Å². The van der Waals surface area contributed by atoms with Crippen molar-refractivity contribution in [2.45, 2.75) is 25.0 Å². The van der Waals surface area contributed by atoms with Crippen molar-refractivity contribution in [3.8, 4) is 12.3 Å². The number of hydrogen-bond acceptors (Lipinski definition) is 3. The number of nitrogens with zero attached hydrogens (tertiary/aromatic N) is 2. The molecule has 0 aliphatic carbocycles. The molecule has 2 aromatic carbocycles. The fraction of sp³-hybridized carbons (Fsp3) is 0.292. The number of carbonyl (C=O) groups is 3. The molecule has 3 aliphatic heterocycles. The third-order valence-electron chi connectivity index (χ3n) is 6.70. The van der Waals surface area contributed by atoms with Gasteiger partial charge in [-0.3, -0.25) is 24.2 Å². The molecule has 0 saturated carbocycles. The van der Waals surface area contributed by atoms with E-state index in [0.29, 0.717) is 0 Å². The molecular formula is C24H22N3O3+. The minimum absolute atomic E-state index is 0.132. The minimum atomic E-state index is -1.14. The van der Waals surface area contributed by atoms with E-state index in [-0.39, 0.29) is 36.9 Å². The molecule has 0 bridgehead atoms. The maximum absolute atomic E-state index is 13.7. The molecule has 2 aromatic rings. The van der Waals surface area contributed by atoms with Crippen molar-refractivity contribution in [3.63, 3.8) is 0 Å². The summed E-state index contributed by atoms with van der Waals surface area (Å²) in [7, 11) is 0. The summed E-state index contributed by atoms with van der Waals surface area (Å²) >= 11 is 0. The number of para-hydroxylation sites is 1. The number of terminal acetylenes is 1. The van der Waals surface area contributed by atoms with Gasteiger partial charge in [0.1, 0.15) is 11.8 Å². The smallest absolute Gasteiger partial charge is 0.295 e. The number of anilines is 1. The molecule has 2 fully saturated rings. The predicted molar refractivity (Wildman–Crippen MR) is 110 cm³/mol. The minimum Gasteiger partial charge on any atom is -0.326 e. The number of nitrogens with two attached hydrogens (primary N) is 1. The monoisotopic (exact) mass is 400 g/mol. The van der Waals surface area contributed by atoms with Crippen LogP contribution in [0.1, 0.15) is 18.1 Å². The largest absolute Gasteiger partial charge is 0.326 e. The lowest BCUT2D eigenvalue weighted by Crippen LogP contribution is -2.98. The van der Waals surface area contributed by atoms with Crippen LogP contribution in [0.15, 0.2) is 54.6 Å². The van der Waals surface area contributed by atoms with E-state index in [1.54, 1.807) is 4.90 Å². The fourth-order valence-electron chi connectivity index (χ4n) is 5.52. The normalized spacial score (nSPS) is 29.5. The predicted octanol–water partition coefficient (Wildman–Crippen LogP) is 0.629. The summed E-state index contributed by atoms with van der Waals surface area (Å²) in [5, 5.41) is 1.91. The van der Waals surface area contributed by atoms with E-state index in [1.807, 2.05) is 66.8 Å². The Bertz CT molecular complexity index is 1110. The lowest BCUT2D eigenvalue weighted by atomic mass is 9.76. The van der Waals surface area contributed by atoms with Crippen molar-refractivity contribution in [3.05, 3.63) is 65.7 Å². The van der Waals surface area contributed by atoms with Crippen molar-refractivity contribution < 1.29 is 19.7 Å². The highest BCUT2D eigenvalue weighted by Crippen LogP contribution is 2.50. The van der Waals surface area contributed by atoms with Gasteiger partial charge >= 0.3 is 0 Å². The maximum atomic E-state index is 13.7. The molecule has 5 rings (SSSR count). The van der Waals surface area contributed by atoms with E-state index < -0.39 is 17.4 Å². The number of quaternary nitrogens is 1. The van der Waals surface area contributed by atoms with E-state index in [1.165, 1.54) is 4.90 Å². The average Bonchev–Trinajstić information content (AvgIpc) is 3.29. The number of likely N-dealkylation sites (tertiary alicyclic amines) is 1. The SMILES string of the molecule is C#CCN1C(=O)[C@]2([NH2+][C@@H](C)[C@H]3C(=O)N(Cc4ccccc4)C(=O)[C@H]32)c2ccccc21. The summed E-state index contributed by atoms with van der Waals surface area (Å²) in [6.07, 6.45) is 5.52. The first-order valence-corrected chi connectivity index (χ1v) is 10.1. The quantitative estimate of drug-likeness (QED) is 0.607. The zero-order chi connectivity index (χ0) is 21.0. The van der Waals surface area contributed by atoms with Gasteiger partial charge in [0.15, 0.2) is 0 Å². The van der Waals surface area contributed by atoms with Gasteiger partial charge in [-0.2, -0.15) is 0 Å². The van der Waals surface area contributed by atoms with Gasteiger partial charge in [0.2, 0.25) is 17.4 Å². The van der Waals surface area contributed by atoms with Gasteiger partial charge in [0.25, 0.3) is 5.91 Å². The molecule has 3 heterocycles. The highest BCUT2D eigenvalue weighted by Gasteiger charge is 2.74. The number of hydrogen-bond donors (Lipinski definition) is 1. The molecule has 150 valence electrons. The zero-order valence-electron chi connectivity index (χ0n) is 16.6. The highest BCUT2D eigenvalue weighted by molar-refractivity contribution is 6.14. The Morgan fingerprint density at radius 3 is 2.43 bits per heavy atom. The van der Waals surface area contributed by atoms with Crippen molar-refractivity contribution >= 4 is 23.4 Å². The van der Waals surface area contributed by atoms with Gasteiger partial charge in [-0.15, -0.1) is 6.42 Å². The number of carbonyl (C=O) groups excluding carboxylic acids is 3. The van der Waals surface area contributed by atoms with Crippen LogP contribution in [0.25, 0.3) is 0 Å². The van der Waals surface area contributed by atoms with Crippen LogP contribution in [0.2, 0.25) is 0 Å². The molecule has 0 radical (unpaired) electrons. The van der Waals surface area contributed by atoms with Gasteiger partial charge in [-0.1, -0.05) is 54.5 Å². The van der Waals surface area contributed by atoms with Crippen LogP contribution in [-0.4, -0.2) is 35.2 Å². The van der Waals surface area contributed by atoms with E-state index in [2.05, 4.69) is 5.92 Å². The number of imide groups is 1. The second-order valence-electron chi connectivity index (χ2n) is 8.26. The molecule has 3 amide bonds. The summed E-state index contributed by atoms with van der Waals surface area (Å²) < 4.78 is 0. The molecule has 2 N–H and O–H groups in total. The number of rotatable bonds is 3. The van der Waals surface area contributed by atoms with Crippen molar-refractivity contribution in [1.82, 2.24) is 4.90 Å². The van der Waals surface area contributed by atoms with Crippen LogP contribution in [-0.2, 0) is 26.5 Å². The Labute approximate surface area is 174 Å². The van der Waals surface area contributed by atoms with Crippen LogP contribution in [0.3, 0.4) is 0 Å². The van der Waals surface area contributed by atoms with E-state index in [4.69, 9.17) is 6.42 Å². The van der Waals surface area contributed by atoms with Crippen molar-refractivity contribution in [1.29, 1.82) is 0 Å². The topological polar surface area (TPSA) is 74.3 Å². The van der Waals surface area contributed by atoms with E-state index in [0.717, 1.165) is 16.8 Å². The molecule has 1 spiro atoms. The summed E-state index contributed by atoms with van der Waals surface area (Å²) in [6.45, 7) is 2.27. The summed E-state index contributed by atoms with van der Waals surface area (Å²) in [6, 6.07) is 16.7. The van der Waals surface area contributed by atoms with Gasteiger partial charge in [0, 0.05) is 5.56 Å². The summed E-state index contributed by atoms with van der Waals surface area (Å²) in [4.78, 5) is 43.5. The van der Waals surface area contributed by atoms with Gasteiger partial charge < -0.3 is 5.32 Å². The molecule has 6 heteroatoms. The number of benzene rings is 2. The lowest BCUT2D eigenvalue weighted by Gasteiger charge is -2.26.